The number of hydrogen-bond acceptors (Lipinski definition) is 3. The van der Waals surface area contributed by atoms with Gasteiger partial charge in [-0.1, -0.05) is 48.3 Å². The number of hydrogen-bond donors (Lipinski definition) is 1. The van der Waals surface area contributed by atoms with Gasteiger partial charge in [-0.15, -0.1) is 0 Å². The Balaban J connectivity index is 1.62. The molecule has 1 aliphatic carbocycles. The summed E-state index contributed by atoms with van der Waals surface area (Å²) in [5.74, 6) is -0.289. The van der Waals surface area contributed by atoms with E-state index in [1.807, 2.05) is 38.1 Å². The highest BCUT2D eigenvalue weighted by Gasteiger charge is 2.42. The Morgan fingerprint density at radius 2 is 1.90 bits per heavy atom. The molecule has 2 aliphatic rings. The van der Waals surface area contributed by atoms with E-state index in [1.165, 1.54) is 4.90 Å². The van der Waals surface area contributed by atoms with Crippen molar-refractivity contribution >= 4 is 18.4 Å². The molecule has 4 rings (SSSR count). The molecule has 154 valence electrons. The summed E-state index contributed by atoms with van der Waals surface area (Å²) in [7, 11) is 0. The van der Waals surface area contributed by atoms with Crippen molar-refractivity contribution in [2.75, 3.05) is 6.54 Å². The van der Waals surface area contributed by atoms with Gasteiger partial charge >= 0.3 is 0 Å². The molecule has 0 aromatic heterocycles. The number of nitrogens with zero attached hydrogens (tertiary/aromatic N) is 1. The maximum atomic E-state index is 15.5. The predicted molar refractivity (Wildman–Crippen MR) is 114 cm³/mol. The predicted octanol–water partition coefficient (Wildman–Crippen LogP) is 4.60. The van der Waals surface area contributed by atoms with Crippen LogP contribution in [0.15, 0.2) is 36.4 Å². The van der Waals surface area contributed by atoms with Gasteiger partial charge in [-0.05, 0) is 55.4 Å². The van der Waals surface area contributed by atoms with Crippen LogP contribution in [0.1, 0.15) is 29.5 Å². The van der Waals surface area contributed by atoms with E-state index in [2.05, 4.69) is 4.72 Å². The van der Waals surface area contributed by atoms with Gasteiger partial charge in [-0.3, -0.25) is 9.52 Å². The SMILES string of the molecule is Cc1cccc(-c2cccc(CC3C(NSC4CC4)C(F)CN3C=O)c2F)c1C. The van der Waals surface area contributed by atoms with Crippen LogP contribution in [0.3, 0.4) is 0 Å². The standard InChI is InChI=1S/C23H26F2N2OS/c1-14-5-3-7-18(15(14)2)19-8-4-6-16(22(19)25)11-21-23(26-29-17-9-10-17)20(24)12-27(21)13-28/h3-8,13,17,20-21,23,26H,9-12H2,1-2H3. The van der Waals surface area contributed by atoms with Crippen LogP contribution in [0.25, 0.3) is 11.1 Å². The molecule has 6 heteroatoms. The number of carbonyl (C=O) groups excluding carboxylic acids is 1. The van der Waals surface area contributed by atoms with Crippen LogP contribution in [-0.4, -0.2) is 41.4 Å². The molecule has 3 unspecified atom stereocenters. The van der Waals surface area contributed by atoms with Crippen molar-refractivity contribution in [1.82, 2.24) is 9.62 Å². The third kappa shape index (κ3) is 4.19. The molecule has 0 spiro atoms. The highest BCUT2D eigenvalue weighted by atomic mass is 32.2. The average molecular weight is 417 g/mol. The lowest BCUT2D eigenvalue weighted by Crippen LogP contribution is -2.43. The highest BCUT2D eigenvalue weighted by Crippen LogP contribution is 2.35. The first kappa shape index (κ1) is 20.4. The molecule has 1 saturated heterocycles. The third-order valence-electron chi connectivity index (χ3n) is 6.05. The summed E-state index contributed by atoms with van der Waals surface area (Å²) < 4.78 is 33.3. The van der Waals surface area contributed by atoms with Crippen LogP contribution in [-0.2, 0) is 11.2 Å². The number of aryl methyl sites for hydroxylation is 1. The summed E-state index contributed by atoms with van der Waals surface area (Å²) in [6.45, 7) is 4.05. The zero-order valence-corrected chi connectivity index (χ0v) is 17.5. The fraction of sp³-hybridized carbons (Fsp3) is 0.435. The van der Waals surface area contributed by atoms with Gasteiger partial charge in [0, 0.05) is 10.8 Å². The first-order valence-corrected chi connectivity index (χ1v) is 11.0. The molecule has 2 fully saturated rings. The smallest absolute Gasteiger partial charge is 0.210 e. The highest BCUT2D eigenvalue weighted by molar-refractivity contribution is 7.98. The zero-order chi connectivity index (χ0) is 20.5. The Morgan fingerprint density at radius 3 is 2.62 bits per heavy atom. The molecule has 2 aromatic carbocycles. The van der Waals surface area contributed by atoms with Crippen LogP contribution >= 0.6 is 11.9 Å². The van der Waals surface area contributed by atoms with Gasteiger partial charge in [-0.25, -0.2) is 8.78 Å². The fourth-order valence-electron chi connectivity index (χ4n) is 3.99. The Morgan fingerprint density at radius 1 is 1.17 bits per heavy atom. The van der Waals surface area contributed by atoms with Crippen LogP contribution in [0, 0.1) is 19.7 Å². The summed E-state index contributed by atoms with van der Waals surface area (Å²) in [4.78, 5) is 13.0. The molecule has 1 amide bonds. The van der Waals surface area contributed by atoms with Gasteiger partial charge in [0.15, 0.2) is 0 Å². The molecule has 0 bridgehead atoms. The summed E-state index contributed by atoms with van der Waals surface area (Å²) >= 11 is 1.55. The lowest BCUT2D eigenvalue weighted by molar-refractivity contribution is -0.119. The minimum atomic E-state index is -1.15. The van der Waals surface area contributed by atoms with Gasteiger partial charge in [0.25, 0.3) is 0 Å². The van der Waals surface area contributed by atoms with Crippen LogP contribution in [0.5, 0.6) is 0 Å². The van der Waals surface area contributed by atoms with Crippen LogP contribution in [0.4, 0.5) is 8.78 Å². The van der Waals surface area contributed by atoms with E-state index in [-0.39, 0.29) is 18.8 Å². The van der Waals surface area contributed by atoms with E-state index in [1.54, 1.807) is 24.1 Å². The second-order valence-electron chi connectivity index (χ2n) is 8.08. The molecule has 1 N–H and O–H groups in total. The van der Waals surface area contributed by atoms with Gasteiger partial charge < -0.3 is 4.90 Å². The summed E-state index contributed by atoms with van der Waals surface area (Å²) in [6, 6.07) is 10.3. The van der Waals surface area contributed by atoms with E-state index >= 15 is 4.39 Å². The lowest BCUT2D eigenvalue weighted by atomic mass is 9.93. The van der Waals surface area contributed by atoms with Crippen molar-refractivity contribution in [3.8, 4) is 11.1 Å². The zero-order valence-electron chi connectivity index (χ0n) is 16.7. The molecule has 3 atom stereocenters. The Bertz CT molecular complexity index is 902. The van der Waals surface area contributed by atoms with Gasteiger partial charge in [0.05, 0.1) is 18.6 Å². The molecule has 1 heterocycles. The number of benzene rings is 2. The number of likely N-dealkylation sites (tertiary alicyclic amines) is 1. The molecule has 1 saturated carbocycles. The normalized spacial score (nSPS) is 24.1. The Hall–Kier alpha value is -1.92. The fourth-order valence-corrected chi connectivity index (χ4v) is 5.02. The topological polar surface area (TPSA) is 32.3 Å². The maximum Gasteiger partial charge on any atom is 0.210 e. The molecule has 29 heavy (non-hydrogen) atoms. The quantitative estimate of drug-likeness (QED) is 0.529. The largest absolute Gasteiger partial charge is 0.337 e. The van der Waals surface area contributed by atoms with Gasteiger partial charge in [0.1, 0.15) is 12.0 Å². The third-order valence-corrected chi connectivity index (χ3v) is 7.26. The number of alkyl halides is 1. The minimum absolute atomic E-state index is 0.0510. The molecular weight excluding hydrogens is 390 g/mol. The average Bonchev–Trinajstić information content (AvgIpc) is 3.49. The first-order chi connectivity index (χ1) is 14.0. The van der Waals surface area contributed by atoms with E-state index < -0.39 is 18.3 Å². The summed E-state index contributed by atoms with van der Waals surface area (Å²) in [6.07, 6.45) is 2.09. The van der Waals surface area contributed by atoms with E-state index in [4.69, 9.17) is 0 Å². The van der Waals surface area contributed by atoms with Crippen molar-refractivity contribution in [2.45, 2.75) is 56.6 Å². The number of amides is 1. The molecule has 1 aliphatic heterocycles. The summed E-state index contributed by atoms with van der Waals surface area (Å²) in [5.41, 5.74) is 4.08. The van der Waals surface area contributed by atoms with Crippen molar-refractivity contribution in [3.63, 3.8) is 0 Å². The number of nitrogens with one attached hydrogen (secondary N) is 1. The van der Waals surface area contributed by atoms with E-state index in [9.17, 15) is 9.18 Å². The summed E-state index contributed by atoms with van der Waals surface area (Å²) in [5, 5.41) is 0.525. The van der Waals surface area contributed by atoms with E-state index in [0.29, 0.717) is 22.8 Å². The maximum absolute atomic E-state index is 15.5. The Kier molecular flexibility index (Phi) is 5.93. The molecular formula is C23H26F2N2OS. The van der Waals surface area contributed by atoms with Gasteiger partial charge in [0.2, 0.25) is 6.41 Å². The van der Waals surface area contributed by atoms with Crippen molar-refractivity contribution in [2.24, 2.45) is 0 Å². The van der Waals surface area contributed by atoms with Crippen LogP contribution in [0.2, 0.25) is 0 Å². The lowest BCUT2D eigenvalue weighted by Gasteiger charge is -2.26. The molecule has 2 aromatic rings. The number of carbonyl (C=O) groups is 1. The van der Waals surface area contributed by atoms with Crippen LogP contribution < -0.4 is 4.72 Å². The Labute approximate surface area is 175 Å². The first-order valence-electron chi connectivity index (χ1n) is 10.1. The molecule has 0 radical (unpaired) electrons. The monoisotopic (exact) mass is 416 g/mol. The van der Waals surface area contributed by atoms with Gasteiger partial charge in [-0.2, -0.15) is 0 Å². The van der Waals surface area contributed by atoms with Crippen molar-refractivity contribution in [1.29, 1.82) is 0 Å². The molecule has 3 nitrogen and oxygen atoms in total. The second-order valence-corrected chi connectivity index (χ2v) is 9.21. The number of halogens is 2. The minimum Gasteiger partial charge on any atom is -0.337 e. The van der Waals surface area contributed by atoms with Crippen molar-refractivity contribution in [3.05, 3.63) is 58.9 Å². The second kappa shape index (κ2) is 8.44. The van der Waals surface area contributed by atoms with E-state index in [0.717, 1.165) is 29.5 Å². The van der Waals surface area contributed by atoms with Crippen molar-refractivity contribution < 1.29 is 13.6 Å². The number of rotatable bonds is 7.